The molecule has 2 rings (SSSR count). The van der Waals surface area contributed by atoms with Gasteiger partial charge in [0.2, 0.25) is 0 Å². The van der Waals surface area contributed by atoms with Gasteiger partial charge in [0.1, 0.15) is 5.69 Å². The number of rotatable bonds is 3. The zero-order chi connectivity index (χ0) is 13.0. The smallest absolute Gasteiger partial charge is 0.275 e. The minimum absolute atomic E-state index is 0.175. The summed E-state index contributed by atoms with van der Waals surface area (Å²) in [5, 5.41) is 2.71. The topological polar surface area (TPSA) is 74.8 Å². The highest BCUT2D eigenvalue weighted by Gasteiger charge is 2.07. The lowest BCUT2D eigenvalue weighted by atomic mass is 10.1. The Kier molecular flexibility index (Phi) is 3.52. The molecule has 92 valence electrons. The van der Waals surface area contributed by atoms with Crippen LogP contribution in [-0.2, 0) is 6.42 Å². The van der Waals surface area contributed by atoms with Crippen molar-refractivity contribution in [3.8, 4) is 0 Å². The van der Waals surface area contributed by atoms with Gasteiger partial charge in [0.05, 0.1) is 6.20 Å². The number of hydrogen-bond donors (Lipinski definition) is 2. The number of anilines is 1. The molecule has 5 nitrogen and oxygen atoms in total. The summed E-state index contributed by atoms with van der Waals surface area (Å²) in [5.41, 5.74) is 1.74. The van der Waals surface area contributed by atoms with E-state index in [2.05, 4.69) is 22.2 Å². The standard InChI is InChI=1S/C13H13N3O2/c1-2-9-3-5-10(6-4-9)16-13(18)11-7-15-12(17)8-14-11/h3-8H,2H2,1H3,(H,15,17)(H,16,18). The Morgan fingerprint density at radius 1 is 1.33 bits per heavy atom. The summed E-state index contributed by atoms with van der Waals surface area (Å²) in [7, 11) is 0. The minimum Gasteiger partial charge on any atom is -0.325 e. The van der Waals surface area contributed by atoms with Crippen molar-refractivity contribution in [2.75, 3.05) is 5.32 Å². The molecule has 0 saturated carbocycles. The van der Waals surface area contributed by atoms with Gasteiger partial charge in [-0.1, -0.05) is 19.1 Å². The van der Waals surface area contributed by atoms with Gasteiger partial charge < -0.3 is 10.3 Å². The van der Waals surface area contributed by atoms with E-state index in [0.29, 0.717) is 5.69 Å². The monoisotopic (exact) mass is 243 g/mol. The largest absolute Gasteiger partial charge is 0.325 e. The van der Waals surface area contributed by atoms with Crippen LogP contribution in [0.1, 0.15) is 23.0 Å². The fourth-order valence-electron chi connectivity index (χ4n) is 1.49. The van der Waals surface area contributed by atoms with Gasteiger partial charge in [-0.05, 0) is 24.1 Å². The predicted molar refractivity (Wildman–Crippen MR) is 68.6 cm³/mol. The van der Waals surface area contributed by atoms with Gasteiger partial charge in [-0.25, -0.2) is 4.98 Å². The van der Waals surface area contributed by atoms with E-state index >= 15 is 0 Å². The van der Waals surface area contributed by atoms with Gasteiger partial charge in [-0.2, -0.15) is 0 Å². The molecule has 0 spiro atoms. The molecule has 2 N–H and O–H groups in total. The zero-order valence-electron chi connectivity index (χ0n) is 9.93. The van der Waals surface area contributed by atoms with E-state index in [0.717, 1.165) is 12.6 Å². The van der Waals surface area contributed by atoms with Crippen molar-refractivity contribution in [2.45, 2.75) is 13.3 Å². The molecule has 0 aliphatic carbocycles. The van der Waals surface area contributed by atoms with Gasteiger partial charge in [0, 0.05) is 11.9 Å². The second-order valence-corrected chi connectivity index (χ2v) is 3.80. The second-order valence-electron chi connectivity index (χ2n) is 3.80. The summed E-state index contributed by atoms with van der Waals surface area (Å²) in [6, 6.07) is 7.58. The maximum absolute atomic E-state index is 11.8. The van der Waals surface area contributed by atoms with Gasteiger partial charge >= 0.3 is 0 Å². The average molecular weight is 243 g/mol. The molecular weight excluding hydrogens is 230 g/mol. The Labute approximate surface area is 104 Å². The number of nitrogens with zero attached hydrogens (tertiary/aromatic N) is 1. The fraction of sp³-hybridized carbons (Fsp3) is 0.154. The van der Waals surface area contributed by atoms with Crippen molar-refractivity contribution in [3.05, 3.63) is 58.3 Å². The van der Waals surface area contributed by atoms with E-state index in [-0.39, 0.29) is 17.2 Å². The molecule has 1 heterocycles. The molecule has 0 radical (unpaired) electrons. The van der Waals surface area contributed by atoms with Crippen LogP contribution in [0.2, 0.25) is 0 Å². The minimum atomic E-state index is -0.351. The lowest BCUT2D eigenvalue weighted by Gasteiger charge is -2.05. The lowest BCUT2D eigenvalue weighted by Crippen LogP contribution is -2.16. The molecule has 0 saturated heterocycles. The highest BCUT2D eigenvalue weighted by Crippen LogP contribution is 2.10. The number of amides is 1. The number of hydrogen-bond acceptors (Lipinski definition) is 3. The molecule has 1 amide bonds. The first-order valence-electron chi connectivity index (χ1n) is 5.64. The van der Waals surface area contributed by atoms with Crippen molar-refractivity contribution in [2.24, 2.45) is 0 Å². The maximum atomic E-state index is 11.8. The van der Waals surface area contributed by atoms with Gasteiger partial charge in [0.25, 0.3) is 11.5 Å². The molecule has 0 atom stereocenters. The summed E-state index contributed by atoms with van der Waals surface area (Å²) in [6.07, 6.45) is 3.32. The lowest BCUT2D eigenvalue weighted by molar-refractivity contribution is 0.102. The number of aromatic amines is 1. The normalized spacial score (nSPS) is 10.1. The van der Waals surface area contributed by atoms with Crippen LogP contribution in [0, 0.1) is 0 Å². The molecule has 0 fully saturated rings. The van der Waals surface area contributed by atoms with Gasteiger partial charge in [-0.3, -0.25) is 9.59 Å². The summed E-state index contributed by atoms with van der Waals surface area (Å²) in [6.45, 7) is 2.07. The molecular formula is C13H13N3O2. The van der Waals surface area contributed by atoms with E-state index in [4.69, 9.17) is 0 Å². The van der Waals surface area contributed by atoms with Crippen molar-refractivity contribution >= 4 is 11.6 Å². The van der Waals surface area contributed by atoms with Crippen molar-refractivity contribution in [1.82, 2.24) is 9.97 Å². The third-order valence-electron chi connectivity index (χ3n) is 2.52. The Bertz CT molecular complexity index is 582. The molecule has 2 aromatic rings. The van der Waals surface area contributed by atoms with Crippen LogP contribution in [0.5, 0.6) is 0 Å². The third kappa shape index (κ3) is 2.82. The molecule has 1 aromatic heterocycles. The van der Waals surface area contributed by atoms with Crippen LogP contribution in [0.25, 0.3) is 0 Å². The number of carbonyl (C=O) groups excluding carboxylic acids is 1. The van der Waals surface area contributed by atoms with E-state index in [1.165, 1.54) is 11.8 Å². The van der Waals surface area contributed by atoms with Crippen LogP contribution in [0.15, 0.2) is 41.5 Å². The van der Waals surface area contributed by atoms with E-state index in [9.17, 15) is 9.59 Å². The molecule has 18 heavy (non-hydrogen) atoms. The molecule has 0 aliphatic heterocycles. The number of aromatic nitrogens is 2. The van der Waals surface area contributed by atoms with Crippen LogP contribution >= 0.6 is 0 Å². The number of H-pyrrole nitrogens is 1. The summed E-state index contributed by atoms with van der Waals surface area (Å²) < 4.78 is 0. The van der Waals surface area contributed by atoms with Crippen LogP contribution in [0.4, 0.5) is 5.69 Å². The molecule has 0 unspecified atom stereocenters. The fourth-order valence-corrected chi connectivity index (χ4v) is 1.49. The number of benzene rings is 1. The second kappa shape index (κ2) is 5.27. The molecule has 5 heteroatoms. The zero-order valence-corrected chi connectivity index (χ0v) is 9.93. The van der Waals surface area contributed by atoms with Gasteiger partial charge in [-0.15, -0.1) is 0 Å². The summed E-state index contributed by atoms with van der Waals surface area (Å²) in [4.78, 5) is 28.8. The number of carbonyl (C=O) groups is 1. The van der Waals surface area contributed by atoms with Crippen LogP contribution in [-0.4, -0.2) is 15.9 Å². The van der Waals surface area contributed by atoms with E-state index in [1.54, 1.807) is 0 Å². The molecule has 1 aromatic carbocycles. The van der Waals surface area contributed by atoms with Gasteiger partial charge in [0.15, 0.2) is 0 Å². The first-order chi connectivity index (χ1) is 8.69. The Morgan fingerprint density at radius 3 is 2.61 bits per heavy atom. The average Bonchev–Trinajstić information content (AvgIpc) is 2.40. The maximum Gasteiger partial charge on any atom is 0.275 e. The molecule has 0 aliphatic rings. The highest BCUT2D eigenvalue weighted by atomic mass is 16.2. The van der Waals surface area contributed by atoms with Crippen LogP contribution in [0.3, 0.4) is 0 Å². The number of nitrogens with one attached hydrogen (secondary N) is 2. The summed E-state index contributed by atoms with van der Waals surface area (Å²) >= 11 is 0. The van der Waals surface area contributed by atoms with Crippen molar-refractivity contribution < 1.29 is 4.79 Å². The Hall–Kier alpha value is -2.43. The molecule has 0 bridgehead atoms. The summed E-state index contributed by atoms with van der Waals surface area (Å²) in [5.74, 6) is -0.351. The first-order valence-corrected chi connectivity index (χ1v) is 5.64. The van der Waals surface area contributed by atoms with Crippen molar-refractivity contribution in [3.63, 3.8) is 0 Å². The van der Waals surface area contributed by atoms with E-state index < -0.39 is 0 Å². The SMILES string of the molecule is CCc1ccc(NC(=O)c2c[nH]c(=O)cn2)cc1. The third-order valence-corrected chi connectivity index (χ3v) is 2.52. The first kappa shape index (κ1) is 12.0. The number of aryl methyl sites for hydroxylation is 1. The van der Waals surface area contributed by atoms with Crippen LogP contribution < -0.4 is 10.9 Å². The Balaban J connectivity index is 2.10. The van der Waals surface area contributed by atoms with E-state index in [1.807, 2.05) is 24.3 Å². The predicted octanol–water partition coefficient (Wildman–Crippen LogP) is 1.58. The quantitative estimate of drug-likeness (QED) is 0.859. The Morgan fingerprint density at radius 2 is 2.06 bits per heavy atom. The van der Waals surface area contributed by atoms with Crippen molar-refractivity contribution in [1.29, 1.82) is 0 Å². The highest BCUT2D eigenvalue weighted by molar-refractivity contribution is 6.02.